The smallest absolute Gasteiger partial charge is 0.267 e. The first-order chi connectivity index (χ1) is 10.7. The summed E-state index contributed by atoms with van der Waals surface area (Å²) in [5.74, 6) is -0.950. The van der Waals surface area contributed by atoms with Gasteiger partial charge >= 0.3 is 0 Å². The third-order valence-electron chi connectivity index (χ3n) is 3.21. The molecule has 5 nitrogen and oxygen atoms in total. The van der Waals surface area contributed by atoms with Crippen LogP contribution in [0.25, 0.3) is 6.08 Å². The first-order valence-corrected chi connectivity index (χ1v) is 6.59. The second-order valence-electron chi connectivity index (χ2n) is 4.74. The first-order valence-electron chi connectivity index (χ1n) is 6.59. The van der Waals surface area contributed by atoms with Crippen molar-refractivity contribution in [2.45, 2.75) is 6.17 Å². The quantitative estimate of drug-likeness (QED) is 0.509. The minimum atomic E-state index is -0.608. The molecule has 0 bridgehead atoms. The summed E-state index contributed by atoms with van der Waals surface area (Å²) in [6.45, 7) is 0. The summed E-state index contributed by atoms with van der Waals surface area (Å²) < 4.78 is 13.2. The number of halogens is 1. The standard InChI is InChI=1S/C16H12FN3O2/c17-12-5-6-13-14(9-12)19-16(18-13)11-3-1-2-10(8-11)4-7-15(21)20-22/h1-9,16,22H,(H,20,21)/b7-4+. The molecular formula is C16H12FN3O2. The molecular weight excluding hydrogens is 285 g/mol. The van der Waals surface area contributed by atoms with Crippen LogP contribution in [0.4, 0.5) is 4.39 Å². The van der Waals surface area contributed by atoms with Crippen molar-refractivity contribution in [1.82, 2.24) is 5.48 Å². The van der Waals surface area contributed by atoms with Crippen LogP contribution in [0.3, 0.4) is 0 Å². The number of carbonyl (C=O) groups is 1. The summed E-state index contributed by atoms with van der Waals surface area (Å²) in [6.07, 6.45) is 2.36. The third kappa shape index (κ3) is 2.91. The number of hydroxylamine groups is 1. The lowest BCUT2D eigenvalue weighted by Gasteiger charge is -2.05. The number of benzene rings is 2. The molecule has 0 fully saturated rings. The minimum Gasteiger partial charge on any atom is -0.288 e. The Morgan fingerprint density at radius 3 is 2.82 bits per heavy atom. The van der Waals surface area contributed by atoms with Crippen LogP contribution in [0.15, 0.2) is 58.5 Å². The number of amides is 1. The fourth-order valence-electron chi connectivity index (χ4n) is 2.18. The maximum atomic E-state index is 13.2. The van der Waals surface area contributed by atoms with Crippen LogP contribution in [0.2, 0.25) is 0 Å². The lowest BCUT2D eigenvalue weighted by Crippen LogP contribution is -2.21. The molecule has 0 saturated carbocycles. The Hall–Kier alpha value is -2.86. The molecule has 3 rings (SSSR count). The average molecular weight is 297 g/mol. The van der Waals surface area contributed by atoms with E-state index in [9.17, 15) is 9.18 Å². The molecule has 1 unspecified atom stereocenters. The van der Waals surface area contributed by atoms with E-state index in [2.05, 4.69) is 9.98 Å². The molecule has 22 heavy (non-hydrogen) atoms. The van der Waals surface area contributed by atoms with Crippen molar-refractivity contribution in [2.75, 3.05) is 0 Å². The molecule has 2 aromatic carbocycles. The molecule has 1 aliphatic rings. The van der Waals surface area contributed by atoms with Crippen molar-refractivity contribution in [2.24, 2.45) is 9.98 Å². The predicted octanol–water partition coefficient (Wildman–Crippen LogP) is 1.30. The number of fused-ring (bicyclic) bond motifs is 1. The van der Waals surface area contributed by atoms with E-state index in [0.717, 1.165) is 11.1 Å². The van der Waals surface area contributed by atoms with E-state index < -0.39 is 12.1 Å². The van der Waals surface area contributed by atoms with Gasteiger partial charge in [0.1, 0.15) is 5.82 Å². The topological polar surface area (TPSA) is 74.0 Å². The van der Waals surface area contributed by atoms with E-state index in [-0.39, 0.29) is 5.82 Å². The highest BCUT2D eigenvalue weighted by molar-refractivity contribution is 5.90. The molecule has 0 radical (unpaired) electrons. The minimum absolute atomic E-state index is 0.343. The largest absolute Gasteiger partial charge is 0.288 e. The van der Waals surface area contributed by atoms with Gasteiger partial charge in [-0.1, -0.05) is 18.2 Å². The number of carbonyl (C=O) groups excluding carboxylic acids is 1. The van der Waals surface area contributed by atoms with Gasteiger partial charge in [-0.2, -0.15) is 0 Å². The second-order valence-corrected chi connectivity index (χ2v) is 4.74. The van der Waals surface area contributed by atoms with Gasteiger partial charge in [-0.3, -0.25) is 20.0 Å². The molecule has 1 atom stereocenters. The van der Waals surface area contributed by atoms with Gasteiger partial charge in [0.15, 0.2) is 6.17 Å². The van der Waals surface area contributed by atoms with Gasteiger partial charge in [0, 0.05) is 12.1 Å². The number of nitrogens with zero attached hydrogens (tertiary/aromatic N) is 2. The Labute approximate surface area is 125 Å². The summed E-state index contributed by atoms with van der Waals surface area (Å²) in [5, 5.41) is 9.64. The zero-order valence-corrected chi connectivity index (χ0v) is 11.4. The molecule has 2 N–H and O–H groups in total. The molecule has 1 amide bonds. The summed E-state index contributed by atoms with van der Waals surface area (Å²) in [6, 6.07) is 11.6. The monoisotopic (exact) mass is 297 g/mol. The summed E-state index contributed by atoms with van der Waals surface area (Å²) >= 11 is 0. The van der Waals surface area contributed by atoms with E-state index in [1.807, 2.05) is 24.3 Å². The van der Waals surface area contributed by atoms with Crippen LogP contribution in [0, 0.1) is 5.82 Å². The number of hydrogen-bond donors (Lipinski definition) is 2. The van der Waals surface area contributed by atoms with Gasteiger partial charge in [0.05, 0.1) is 10.7 Å². The predicted molar refractivity (Wildman–Crippen MR) is 76.9 cm³/mol. The number of rotatable bonds is 3. The molecule has 0 spiro atoms. The molecule has 0 aliphatic carbocycles. The van der Waals surface area contributed by atoms with Crippen LogP contribution < -0.4 is 16.2 Å². The van der Waals surface area contributed by atoms with Gasteiger partial charge in [0.2, 0.25) is 0 Å². The fraction of sp³-hybridized carbons (Fsp3) is 0.0625. The van der Waals surface area contributed by atoms with Crippen LogP contribution in [-0.4, -0.2) is 11.1 Å². The highest BCUT2D eigenvalue weighted by Gasteiger charge is 2.13. The van der Waals surface area contributed by atoms with Crippen molar-refractivity contribution < 1.29 is 14.4 Å². The third-order valence-corrected chi connectivity index (χ3v) is 3.21. The van der Waals surface area contributed by atoms with Crippen LogP contribution >= 0.6 is 0 Å². The van der Waals surface area contributed by atoms with Gasteiger partial charge < -0.3 is 0 Å². The molecule has 1 heterocycles. The molecule has 6 heteroatoms. The highest BCUT2D eigenvalue weighted by atomic mass is 19.1. The number of nitrogens with one attached hydrogen (secondary N) is 1. The van der Waals surface area contributed by atoms with E-state index >= 15 is 0 Å². The molecule has 2 aromatic rings. The molecule has 0 saturated heterocycles. The van der Waals surface area contributed by atoms with E-state index in [0.29, 0.717) is 10.7 Å². The van der Waals surface area contributed by atoms with Gasteiger partial charge in [-0.05, 0) is 35.4 Å². The first kappa shape index (κ1) is 14.1. The zero-order chi connectivity index (χ0) is 15.5. The Kier molecular flexibility index (Phi) is 3.76. The maximum absolute atomic E-state index is 13.2. The second kappa shape index (κ2) is 5.87. The highest BCUT2D eigenvalue weighted by Crippen LogP contribution is 2.21. The van der Waals surface area contributed by atoms with Crippen molar-refractivity contribution in [3.8, 4) is 0 Å². The van der Waals surface area contributed by atoms with E-state index in [4.69, 9.17) is 5.21 Å². The van der Waals surface area contributed by atoms with Gasteiger partial charge in [0.25, 0.3) is 5.91 Å². The van der Waals surface area contributed by atoms with Crippen molar-refractivity contribution in [3.05, 3.63) is 76.2 Å². The van der Waals surface area contributed by atoms with Crippen molar-refractivity contribution >= 4 is 12.0 Å². The van der Waals surface area contributed by atoms with E-state index in [1.54, 1.807) is 12.1 Å². The zero-order valence-electron chi connectivity index (χ0n) is 11.4. The molecule has 0 aromatic heterocycles. The Balaban J connectivity index is 1.91. The summed E-state index contributed by atoms with van der Waals surface area (Å²) in [7, 11) is 0. The fourth-order valence-corrected chi connectivity index (χ4v) is 2.18. The average Bonchev–Trinajstić information content (AvgIpc) is 2.96. The van der Waals surface area contributed by atoms with Gasteiger partial charge in [-0.15, -0.1) is 0 Å². The van der Waals surface area contributed by atoms with Crippen LogP contribution in [0.5, 0.6) is 0 Å². The Bertz CT molecular complexity index is 877. The van der Waals surface area contributed by atoms with Crippen LogP contribution in [-0.2, 0) is 4.79 Å². The maximum Gasteiger partial charge on any atom is 0.267 e. The SMILES string of the molecule is O=C(/C=C/c1cccc(C2N=c3ccc(F)cc3=N2)c1)NO. The normalized spacial score (nSPS) is 16.0. The summed E-state index contributed by atoms with van der Waals surface area (Å²) in [4.78, 5) is 19.8. The van der Waals surface area contributed by atoms with Crippen LogP contribution in [0.1, 0.15) is 17.3 Å². The van der Waals surface area contributed by atoms with E-state index in [1.165, 1.54) is 23.7 Å². The Morgan fingerprint density at radius 1 is 1.18 bits per heavy atom. The number of hydrogen-bond acceptors (Lipinski definition) is 4. The summed E-state index contributed by atoms with van der Waals surface area (Å²) in [5.41, 5.74) is 3.13. The molecule has 1 aliphatic heterocycles. The van der Waals surface area contributed by atoms with Gasteiger partial charge in [-0.25, -0.2) is 9.87 Å². The molecule has 110 valence electrons. The Morgan fingerprint density at radius 2 is 2.00 bits per heavy atom. The van der Waals surface area contributed by atoms with Crippen molar-refractivity contribution in [1.29, 1.82) is 0 Å². The lowest BCUT2D eigenvalue weighted by molar-refractivity contribution is -0.124. The lowest BCUT2D eigenvalue weighted by atomic mass is 10.1. The van der Waals surface area contributed by atoms with Crippen molar-refractivity contribution in [3.63, 3.8) is 0 Å².